The van der Waals surface area contributed by atoms with Gasteiger partial charge in [0.2, 0.25) is 17.6 Å². The number of alkyl carbamates (subject to hydrolysis) is 1. The summed E-state index contributed by atoms with van der Waals surface area (Å²) < 4.78 is 5.24. The Morgan fingerprint density at radius 1 is 0.738 bits per heavy atom. The van der Waals surface area contributed by atoms with Crippen LogP contribution in [0.15, 0.2) is 35.3 Å². The molecule has 13 N–H and O–H groups in total. The van der Waals surface area contributed by atoms with Gasteiger partial charge in [0.05, 0.1) is 6.04 Å². The van der Waals surface area contributed by atoms with Crippen LogP contribution in [0.4, 0.5) is 4.79 Å². The van der Waals surface area contributed by atoms with Crippen molar-refractivity contribution in [3.63, 3.8) is 0 Å². The number of ketones is 1. The number of aliphatic imine (C=N–C) groups is 1. The minimum absolute atomic E-state index is 0.00282. The van der Waals surface area contributed by atoms with E-state index in [1.54, 1.807) is 24.3 Å². The number of primary amides is 1. The largest absolute Gasteiger partial charge is 0.445 e. The molecule has 0 saturated heterocycles. The van der Waals surface area contributed by atoms with Crippen molar-refractivity contribution >= 4 is 35.6 Å². The average Bonchev–Trinajstić information content (AvgIpc) is 2.96. The van der Waals surface area contributed by atoms with Gasteiger partial charge in [0.25, 0.3) is 5.91 Å². The minimum Gasteiger partial charge on any atom is -0.445 e. The zero-order valence-corrected chi connectivity index (χ0v) is 23.9. The number of rotatable bonds is 21. The number of nitrogens with two attached hydrogens (primary N) is 5. The fourth-order valence-electron chi connectivity index (χ4n) is 3.88. The molecule has 3 atom stereocenters. The molecule has 0 radical (unpaired) electrons. The predicted molar refractivity (Wildman–Crippen MR) is 157 cm³/mol. The van der Waals surface area contributed by atoms with Gasteiger partial charge in [0.1, 0.15) is 18.7 Å². The number of guanidine groups is 1. The Hall–Kier alpha value is -4.24. The van der Waals surface area contributed by atoms with Crippen LogP contribution in [-0.4, -0.2) is 73.3 Å². The van der Waals surface area contributed by atoms with Crippen molar-refractivity contribution in [1.82, 2.24) is 16.0 Å². The molecule has 1 aromatic rings. The second-order valence-electron chi connectivity index (χ2n) is 9.63. The molecule has 0 bridgehead atoms. The number of amides is 4. The second kappa shape index (κ2) is 20.6. The van der Waals surface area contributed by atoms with Crippen molar-refractivity contribution in [2.45, 2.75) is 76.1 Å². The molecule has 15 heteroatoms. The summed E-state index contributed by atoms with van der Waals surface area (Å²) in [6.07, 6.45) is 2.01. The highest BCUT2D eigenvalue weighted by Crippen LogP contribution is 2.08. The molecule has 0 aliphatic rings. The molecule has 0 spiro atoms. The zero-order valence-electron chi connectivity index (χ0n) is 23.9. The maximum Gasteiger partial charge on any atom is 0.408 e. The van der Waals surface area contributed by atoms with Crippen molar-refractivity contribution in [2.75, 3.05) is 19.6 Å². The van der Waals surface area contributed by atoms with E-state index < -0.39 is 47.7 Å². The topological polar surface area (TPSA) is 273 Å². The highest BCUT2D eigenvalue weighted by molar-refractivity contribution is 6.38. The van der Waals surface area contributed by atoms with Crippen LogP contribution < -0.4 is 44.6 Å². The number of unbranched alkanes of at least 4 members (excludes halogenated alkanes) is 2. The van der Waals surface area contributed by atoms with Gasteiger partial charge >= 0.3 is 6.09 Å². The average molecular weight is 592 g/mol. The van der Waals surface area contributed by atoms with Gasteiger partial charge in [-0.25, -0.2) is 4.79 Å². The van der Waals surface area contributed by atoms with Crippen molar-refractivity contribution in [1.29, 1.82) is 0 Å². The molecular formula is C27H45N9O6. The van der Waals surface area contributed by atoms with Crippen LogP contribution in [0.5, 0.6) is 0 Å². The Labute approximate surface area is 245 Å². The van der Waals surface area contributed by atoms with Gasteiger partial charge in [0.15, 0.2) is 5.96 Å². The predicted octanol–water partition coefficient (Wildman–Crippen LogP) is -1.38. The van der Waals surface area contributed by atoms with Gasteiger partial charge in [-0.1, -0.05) is 30.3 Å². The summed E-state index contributed by atoms with van der Waals surface area (Å²) >= 11 is 0. The lowest BCUT2D eigenvalue weighted by molar-refractivity contribution is -0.141. The first-order valence-corrected chi connectivity index (χ1v) is 14.0. The van der Waals surface area contributed by atoms with E-state index in [2.05, 4.69) is 20.9 Å². The quantitative estimate of drug-likeness (QED) is 0.0359. The van der Waals surface area contributed by atoms with Crippen molar-refractivity contribution in [2.24, 2.45) is 33.7 Å². The van der Waals surface area contributed by atoms with E-state index in [1.165, 1.54) is 0 Å². The molecule has 0 saturated carbocycles. The molecule has 0 fully saturated rings. The molecule has 234 valence electrons. The number of carbonyl (C=O) groups is 5. The highest BCUT2D eigenvalue weighted by Gasteiger charge is 2.31. The lowest BCUT2D eigenvalue weighted by atomic mass is 10.0. The normalized spacial score (nSPS) is 12.7. The Bertz CT molecular complexity index is 1030. The third kappa shape index (κ3) is 14.9. The number of Topliss-reactive ketones (excluding diaryl/α,β-unsaturated/α-hetero) is 1. The van der Waals surface area contributed by atoms with E-state index in [1.807, 2.05) is 6.07 Å². The Kier molecular flexibility index (Phi) is 17.6. The number of carbonyl (C=O) groups excluding carboxylic acids is 5. The molecule has 0 aliphatic heterocycles. The first-order valence-electron chi connectivity index (χ1n) is 14.0. The molecule has 15 nitrogen and oxygen atoms in total. The summed E-state index contributed by atoms with van der Waals surface area (Å²) in [4.78, 5) is 67.4. The van der Waals surface area contributed by atoms with E-state index in [4.69, 9.17) is 33.4 Å². The van der Waals surface area contributed by atoms with E-state index in [9.17, 15) is 24.0 Å². The third-order valence-electron chi connectivity index (χ3n) is 6.17. The summed E-state index contributed by atoms with van der Waals surface area (Å²) in [5.74, 6) is -3.75. The van der Waals surface area contributed by atoms with E-state index >= 15 is 0 Å². The molecule has 0 heterocycles. The van der Waals surface area contributed by atoms with Crippen LogP contribution in [0.3, 0.4) is 0 Å². The maximum atomic E-state index is 13.3. The van der Waals surface area contributed by atoms with E-state index in [-0.39, 0.29) is 44.8 Å². The Balaban J connectivity index is 3.00. The highest BCUT2D eigenvalue weighted by atomic mass is 16.5. The maximum absolute atomic E-state index is 13.3. The van der Waals surface area contributed by atoms with Crippen molar-refractivity contribution < 1.29 is 28.7 Å². The number of benzene rings is 1. The third-order valence-corrected chi connectivity index (χ3v) is 6.17. The lowest BCUT2D eigenvalue weighted by Gasteiger charge is -2.23. The van der Waals surface area contributed by atoms with E-state index in [0.717, 1.165) is 5.56 Å². The van der Waals surface area contributed by atoms with Gasteiger partial charge in [-0.2, -0.15) is 0 Å². The summed E-state index contributed by atoms with van der Waals surface area (Å²) in [7, 11) is 0. The van der Waals surface area contributed by atoms with Gasteiger partial charge in [-0.3, -0.25) is 24.2 Å². The minimum atomic E-state index is -1.30. The SMILES string of the molecule is NCCCC[C@H](NC(=O)C(=O)[C@H](CCCN=C(N)N)NC(=O)[C@H](CCCCN)NC(=O)OCc1ccccc1)C(N)=O. The molecule has 42 heavy (non-hydrogen) atoms. The van der Waals surface area contributed by atoms with Gasteiger partial charge in [-0.05, 0) is 70.0 Å². The molecule has 0 aromatic heterocycles. The standard InChI is InChI=1S/C27H45N9O6/c28-14-6-4-11-20(23(30)38)35-25(40)22(37)19(13-8-16-33-26(31)32)34-24(39)21(12-5-7-15-29)36-27(41)42-17-18-9-2-1-3-10-18/h1-3,9-10,19-21H,4-8,11-17,28-29H2,(H2,30,38)(H,34,39)(H,35,40)(H,36,41)(H4,31,32,33)/t19-,20-,21-/m0/s1. The molecule has 4 amide bonds. The fourth-order valence-corrected chi connectivity index (χ4v) is 3.88. The molecule has 0 unspecified atom stereocenters. The van der Waals surface area contributed by atoms with Crippen LogP contribution >= 0.6 is 0 Å². The summed E-state index contributed by atoms with van der Waals surface area (Å²) in [5, 5.41) is 7.42. The van der Waals surface area contributed by atoms with E-state index in [0.29, 0.717) is 38.8 Å². The fraction of sp³-hybridized carbons (Fsp3) is 0.556. The summed E-state index contributed by atoms with van der Waals surface area (Å²) in [6, 6.07) is 5.52. The Morgan fingerprint density at radius 2 is 1.33 bits per heavy atom. The molecule has 0 aliphatic carbocycles. The van der Waals surface area contributed by atoms with Crippen LogP contribution in [0.2, 0.25) is 0 Å². The molecule has 1 aromatic carbocycles. The molecule has 1 rings (SSSR count). The number of nitrogens with zero attached hydrogens (tertiary/aromatic N) is 1. The van der Waals surface area contributed by atoms with Crippen molar-refractivity contribution in [3.8, 4) is 0 Å². The van der Waals surface area contributed by atoms with Crippen LogP contribution in [0, 0.1) is 0 Å². The number of ether oxygens (including phenoxy) is 1. The number of hydrogen-bond acceptors (Lipinski definition) is 9. The van der Waals surface area contributed by atoms with Gasteiger partial charge < -0.3 is 49.4 Å². The number of nitrogens with one attached hydrogen (secondary N) is 3. The molecular weight excluding hydrogens is 546 g/mol. The zero-order chi connectivity index (χ0) is 31.3. The van der Waals surface area contributed by atoms with Crippen LogP contribution in [-0.2, 0) is 30.5 Å². The van der Waals surface area contributed by atoms with Crippen LogP contribution in [0.1, 0.15) is 56.9 Å². The first-order chi connectivity index (χ1) is 20.1. The van der Waals surface area contributed by atoms with Crippen LogP contribution in [0.25, 0.3) is 0 Å². The lowest BCUT2D eigenvalue weighted by Crippen LogP contribution is -2.55. The van der Waals surface area contributed by atoms with Crippen molar-refractivity contribution in [3.05, 3.63) is 35.9 Å². The summed E-state index contributed by atoms with van der Waals surface area (Å²) in [6.45, 7) is 0.895. The second-order valence-corrected chi connectivity index (χ2v) is 9.63. The summed E-state index contributed by atoms with van der Waals surface area (Å²) in [5.41, 5.74) is 27.9. The number of hydrogen-bond donors (Lipinski definition) is 8. The Morgan fingerprint density at radius 3 is 1.90 bits per heavy atom. The monoisotopic (exact) mass is 591 g/mol. The van der Waals surface area contributed by atoms with Gasteiger partial charge in [-0.15, -0.1) is 0 Å². The first kappa shape index (κ1) is 35.8. The van der Waals surface area contributed by atoms with Gasteiger partial charge in [0, 0.05) is 6.54 Å². The smallest absolute Gasteiger partial charge is 0.408 e.